The van der Waals surface area contributed by atoms with Gasteiger partial charge >= 0.3 is 5.97 Å². The molecule has 0 N–H and O–H groups in total. The summed E-state index contributed by atoms with van der Waals surface area (Å²) >= 11 is 0. The van der Waals surface area contributed by atoms with Crippen molar-refractivity contribution in [1.82, 2.24) is 0 Å². The Labute approximate surface area is 193 Å². The predicted octanol–water partition coefficient (Wildman–Crippen LogP) is 6.79. The van der Waals surface area contributed by atoms with Crippen LogP contribution >= 0.6 is 0 Å². The molecule has 2 saturated heterocycles. The minimum Gasteiger partial charge on any atom is -0.497 e. The molecule has 2 aliphatic rings. The van der Waals surface area contributed by atoms with E-state index in [2.05, 4.69) is 36.4 Å². The van der Waals surface area contributed by atoms with Gasteiger partial charge in [-0.25, -0.2) is 4.79 Å². The second-order valence-electron chi connectivity index (χ2n) is 9.23. The van der Waals surface area contributed by atoms with Gasteiger partial charge in [0.05, 0.1) is 13.7 Å². The largest absolute Gasteiger partial charge is 0.497 e. The molecule has 4 heteroatoms. The highest BCUT2D eigenvalue weighted by atomic mass is 16.5. The molecule has 2 aliphatic heterocycles. The summed E-state index contributed by atoms with van der Waals surface area (Å²) in [7, 11) is 1.70. The Morgan fingerprint density at radius 1 is 0.938 bits per heavy atom. The summed E-state index contributed by atoms with van der Waals surface area (Å²) < 4.78 is 11.0. The average Bonchev–Trinajstić information content (AvgIpc) is 2.82. The quantitative estimate of drug-likeness (QED) is 0.263. The van der Waals surface area contributed by atoms with Crippen molar-refractivity contribution in [3.63, 3.8) is 0 Å². The van der Waals surface area contributed by atoms with Crippen molar-refractivity contribution >= 4 is 18.2 Å². The van der Waals surface area contributed by atoms with E-state index < -0.39 is 0 Å². The molecule has 0 saturated carbocycles. The normalized spacial score (nSPS) is 21.0. The number of fused-ring (bicyclic) bond motifs is 2. The average molecular weight is 430 g/mol. The fourth-order valence-electron chi connectivity index (χ4n) is 5.97. The molecule has 2 bridgehead atoms. The van der Waals surface area contributed by atoms with Crippen molar-refractivity contribution < 1.29 is 14.3 Å². The molecule has 0 radical (unpaired) electrons. The molecule has 0 aliphatic carbocycles. The Morgan fingerprint density at radius 2 is 1.56 bits per heavy atom. The molecule has 0 unspecified atom stereocenters. The number of methoxy groups -OCH3 is 1. The Morgan fingerprint density at radius 3 is 2.12 bits per heavy atom. The zero-order valence-corrected chi connectivity index (χ0v) is 19.5. The smallest absolute Gasteiger partial charge is 0.333 e. The number of benzene rings is 2. The van der Waals surface area contributed by atoms with Crippen molar-refractivity contribution in [3.05, 3.63) is 71.3 Å². The van der Waals surface area contributed by atoms with Gasteiger partial charge in [0.1, 0.15) is 5.75 Å². The number of hydrogen-bond donors (Lipinski definition) is 0. The van der Waals surface area contributed by atoms with E-state index in [1.807, 2.05) is 25.1 Å². The van der Waals surface area contributed by atoms with Crippen LogP contribution < -0.4 is 4.74 Å². The molecule has 0 spiro atoms. The number of hydrogen-bond acceptors (Lipinski definition) is 3. The number of rotatable bonds is 8. The fourth-order valence-corrected chi connectivity index (χ4v) is 5.97. The summed E-state index contributed by atoms with van der Waals surface area (Å²) in [5.41, 5.74) is 4.54. The van der Waals surface area contributed by atoms with Crippen LogP contribution in [-0.2, 0) is 16.0 Å². The highest BCUT2D eigenvalue weighted by molar-refractivity contribution is 6.82. The third-order valence-electron chi connectivity index (χ3n) is 7.40. The maximum atomic E-state index is 13.4. The first-order valence-corrected chi connectivity index (χ1v) is 12.3. The molecule has 0 atom stereocenters. The second-order valence-corrected chi connectivity index (χ2v) is 9.23. The summed E-state index contributed by atoms with van der Waals surface area (Å²) in [6, 6.07) is 18.8. The van der Waals surface area contributed by atoms with Gasteiger partial charge in [0.15, 0.2) is 6.71 Å². The number of carbonyl (C=O) groups is 1. The first kappa shape index (κ1) is 22.7. The lowest BCUT2D eigenvalue weighted by atomic mass is 9.23. The molecule has 168 valence electrons. The van der Waals surface area contributed by atoms with Crippen LogP contribution in [0.15, 0.2) is 60.2 Å². The van der Waals surface area contributed by atoms with Crippen LogP contribution in [0.5, 0.6) is 5.75 Å². The molecular formula is C28H35BO3. The summed E-state index contributed by atoms with van der Waals surface area (Å²) in [6.07, 6.45) is 9.29. The van der Waals surface area contributed by atoms with Crippen molar-refractivity contribution in [3.8, 4) is 5.75 Å². The summed E-state index contributed by atoms with van der Waals surface area (Å²) in [4.78, 5) is 13.4. The van der Waals surface area contributed by atoms with E-state index in [4.69, 9.17) is 9.47 Å². The van der Waals surface area contributed by atoms with Crippen LogP contribution in [0.2, 0.25) is 11.6 Å². The number of ether oxygens (including phenoxy) is 2. The molecular weight excluding hydrogens is 395 g/mol. The lowest BCUT2D eigenvalue weighted by Crippen LogP contribution is -2.37. The van der Waals surface area contributed by atoms with Gasteiger partial charge in [-0.2, -0.15) is 0 Å². The van der Waals surface area contributed by atoms with Crippen LogP contribution in [0.25, 0.3) is 5.47 Å². The standard InChI is InChI=1S/C28H35BO3/c1-3-32-28(30)26(20-15-21-9-5-4-6-10-21)27(22-16-18-25(31-2)19-17-22)29-23-11-7-12-24(29)14-8-13-23/h4-6,9-10,16-19,23-24H,3,7-8,11-15,20H2,1-2H3/b27-26-. The molecule has 0 aromatic heterocycles. The van der Waals surface area contributed by atoms with E-state index in [-0.39, 0.29) is 5.97 Å². The molecule has 3 nitrogen and oxygen atoms in total. The Hall–Kier alpha value is -2.49. The van der Waals surface area contributed by atoms with Gasteiger partial charge in [0, 0.05) is 5.57 Å². The number of aryl methyl sites for hydroxylation is 1. The lowest BCUT2D eigenvalue weighted by molar-refractivity contribution is -0.138. The first-order valence-electron chi connectivity index (χ1n) is 12.3. The zero-order chi connectivity index (χ0) is 22.3. The molecule has 4 rings (SSSR count). The second kappa shape index (κ2) is 10.9. The van der Waals surface area contributed by atoms with Gasteiger partial charge in [-0.15, -0.1) is 0 Å². The van der Waals surface area contributed by atoms with Gasteiger partial charge in [0.25, 0.3) is 0 Å². The van der Waals surface area contributed by atoms with Crippen molar-refractivity contribution in [2.24, 2.45) is 0 Å². The molecule has 2 aromatic carbocycles. The van der Waals surface area contributed by atoms with E-state index in [0.29, 0.717) is 31.4 Å². The van der Waals surface area contributed by atoms with E-state index in [0.717, 1.165) is 23.3 Å². The molecule has 2 fully saturated rings. The van der Waals surface area contributed by atoms with Gasteiger partial charge in [-0.3, -0.25) is 0 Å². The predicted molar refractivity (Wildman–Crippen MR) is 132 cm³/mol. The number of carbonyl (C=O) groups excluding carboxylic acids is 1. The molecule has 32 heavy (non-hydrogen) atoms. The van der Waals surface area contributed by atoms with Crippen LogP contribution in [0.1, 0.15) is 63.0 Å². The molecule has 2 heterocycles. The lowest BCUT2D eigenvalue weighted by Gasteiger charge is -2.42. The highest BCUT2D eigenvalue weighted by Crippen LogP contribution is 2.51. The van der Waals surface area contributed by atoms with E-state index in [1.165, 1.54) is 49.6 Å². The van der Waals surface area contributed by atoms with E-state index >= 15 is 0 Å². The third kappa shape index (κ3) is 5.11. The topological polar surface area (TPSA) is 35.5 Å². The maximum Gasteiger partial charge on any atom is 0.333 e. The van der Waals surface area contributed by atoms with Gasteiger partial charge in [-0.1, -0.05) is 98.1 Å². The van der Waals surface area contributed by atoms with Crippen LogP contribution in [0.4, 0.5) is 0 Å². The van der Waals surface area contributed by atoms with Crippen molar-refractivity contribution in [2.75, 3.05) is 13.7 Å². The van der Waals surface area contributed by atoms with Gasteiger partial charge in [0.2, 0.25) is 0 Å². The summed E-state index contributed by atoms with van der Waals surface area (Å²) in [6.45, 7) is 2.75. The van der Waals surface area contributed by atoms with Gasteiger partial charge < -0.3 is 9.47 Å². The highest BCUT2D eigenvalue weighted by Gasteiger charge is 2.43. The van der Waals surface area contributed by atoms with Crippen molar-refractivity contribution in [1.29, 1.82) is 0 Å². The van der Waals surface area contributed by atoms with E-state index in [9.17, 15) is 4.79 Å². The van der Waals surface area contributed by atoms with Crippen LogP contribution in [0, 0.1) is 0 Å². The maximum absolute atomic E-state index is 13.4. The minimum absolute atomic E-state index is 0.141. The van der Waals surface area contributed by atoms with Gasteiger partial charge in [-0.05, 0) is 43.0 Å². The first-order chi connectivity index (χ1) is 15.7. The Kier molecular flexibility index (Phi) is 7.73. The molecule has 2 aromatic rings. The Balaban J connectivity index is 1.80. The van der Waals surface area contributed by atoms with E-state index in [1.54, 1.807) is 7.11 Å². The SMILES string of the molecule is CCOC(=O)/C(CCc1ccccc1)=C(\B1C2CCCC1CCC2)c1ccc(OC)cc1. The third-order valence-corrected chi connectivity index (χ3v) is 7.40. The number of esters is 1. The summed E-state index contributed by atoms with van der Waals surface area (Å²) in [5.74, 6) is 2.04. The monoisotopic (exact) mass is 430 g/mol. The van der Waals surface area contributed by atoms with Crippen molar-refractivity contribution in [2.45, 2.75) is 69.9 Å². The Bertz CT molecular complexity index is 897. The van der Waals surface area contributed by atoms with Crippen LogP contribution in [-0.4, -0.2) is 26.4 Å². The minimum atomic E-state index is -0.141. The molecule has 0 amide bonds. The summed E-state index contributed by atoms with van der Waals surface area (Å²) in [5, 5.41) is 0. The fraction of sp³-hybridized carbons (Fsp3) is 0.464. The zero-order valence-electron chi connectivity index (χ0n) is 19.5. The van der Waals surface area contributed by atoms with Crippen LogP contribution in [0.3, 0.4) is 0 Å².